The van der Waals surface area contributed by atoms with Crippen LogP contribution in [0.25, 0.3) is 11.3 Å². The van der Waals surface area contributed by atoms with Crippen LogP contribution in [0.3, 0.4) is 0 Å². The Labute approximate surface area is 132 Å². The summed E-state index contributed by atoms with van der Waals surface area (Å²) in [5, 5.41) is 3.90. The number of hydrogen-bond acceptors (Lipinski definition) is 3. The lowest BCUT2D eigenvalue weighted by atomic mass is 9.86. The van der Waals surface area contributed by atoms with Gasteiger partial charge in [0.05, 0.1) is 0 Å². The number of nitrogens with zero attached hydrogens (tertiary/aromatic N) is 2. The highest BCUT2D eigenvalue weighted by Crippen LogP contribution is 2.26. The Morgan fingerprint density at radius 2 is 1.77 bits per heavy atom. The maximum absolute atomic E-state index is 12.2. The van der Waals surface area contributed by atoms with Gasteiger partial charge in [-0.3, -0.25) is 4.79 Å². The standard InChI is InChI=1S/C18H24N2O2/c1-12(2)20(6)17(21)15-11-16(22-19-15)13-7-9-14(10-8-13)18(3,4)5/h7-12H,1-6H3. The van der Waals surface area contributed by atoms with Crippen LogP contribution < -0.4 is 0 Å². The molecular weight excluding hydrogens is 276 g/mol. The van der Waals surface area contributed by atoms with Gasteiger partial charge in [-0.25, -0.2) is 0 Å². The number of benzene rings is 1. The van der Waals surface area contributed by atoms with Crippen LogP contribution in [0.4, 0.5) is 0 Å². The molecule has 0 saturated heterocycles. The molecule has 118 valence electrons. The Kier molecular flexibility index (Phi) is 4.40. The van der Waals surface area contributed by atoms with Crippen LogP contribution in [0.15, 0.2) is 34.9 Å². The van der Waals surface area contributed by atoms with Crippen LogP contribution in [-0.2, 0) is 5.41 Å². The van der Waals surface area contributed by atoms with E-state index < -0.39 is 0 Å². The highest BCUT2D eigenvalue weighted by Gasteiger charge is 2.20. The molecule has 0 atom stereocenters. The van der Waals surface area contributed by atoms with Crippen LogP contribution in [0.1, 0.15) is 50.7 Å². The van der Waals surface area contributed by atoms with Crippen molar-refractivity contribution in [3.8, 4) is 11.3 Å². The van der Waals surface area contributed by atoms with Gasteiger partial charge in [0, 0.05) is 24.7 Å². The fourth-order valence-corrected chi connectivity index (χ4v) is 2.06. The normalized spacial score (nSPS) is 11.8. The van der Waals surface area contributed by atoms with E-state index in [4.69, 9.17) is 4.52 Å². The molecule has 0 unspecified atom stereocenters. The largest absolute Gasteiger partial charge is 0.355 e. The molecule has 0 saturated carbocycles. The first-order chi connectivity index (χ1) is 10.2. The minimum absolute atomic E-state index is 0.112. The Morgan fingerprint density at radius 3 is 2.27 bits per heavy atom. The molecule has 2 rings (SSSR count). The minimum Gasteiger partial charge on any atom is -0.355 e. The first kappa shape index (κ1) is 16.3. The predicted molar refractivity (Wildman–Crippen MR) is 87.9 cm³/mol. The molecule has 2 aromatic rings. The van der Waals surface area contributed by atoms with Crippen molar-refractivity contribution in [1.82, 2.24) is 10.1 Å². The number of carbonyl (C=O) groups is 1. The summed E-state index contributed by atoms with van der Waals surface area (Å²) in [5.41, 5.74) is 2.63. The number of hydrogen-bond donors (Lipinski definition) is 0. The van der Waals surface area contributed by atoms with Gasteiger partial charge in [-0.1, -0.05) is 50.2 Å². The molecule has 1 aromatic heterocycles. The Bertz CT molecular complexity index is 648. The zero-order valence-electron chi connectivity index (χ0n) is 14.2. The fraction of sp³-hybridized carbons (Fsp3) is 0.444. The van der Waals surface area contributed by atoms with Crippen LogP contribution >= 0.6 is 0 Å². The Hall–Kier alpha value is -2.10. The predicted octanol–water partition coefficient (Wildman–Crippen LogP) is 4.12. The lowest BCUT2D eigenvalue weighted by Crippen LogP contribution is -2.33. The first-order valence-electron chi connectivity index (χ1n) is 7.55. The Morgan fingerprint density at radius 1 is 1.18 bits per heavy atom. The topological polar surface area (TPSA) is 46.3 Å². The second-order valence-electron chi connectivity index (χ2n) is 6.91. The van der Waals surface area contributed by atoms with E-state index in [-0.39, 0.29) is 17.4 Å². The molecule has 0 radical (unpaired) electrons. The van der Waals surface area contributed by atoms with Crippen LogP contribution in [0, 0.1) is 0 Å². The van der Waals surface area contributed by atoms with Gasteiger partial charge in [0.1, 0.15) is 0 Å². The average Bonchev–Trinajstić information content (AvgIpc) is 2.94. The quantitative estimate of drug-likeness (QED) is 0.856. The van der Waals surface area contributed by atoms with Crippen molar-refractivity contribution in [2.45, 2.75) is 46.1 Å². The lowest BCUT2D eigenvalue weighted by Gasteiger charge is -2.19. The van der Waals surface area contributed by atoms with Gasteiger partial charge >= 0.3 is 0 Å². The SMILES string of the molecule is CC(C)N(C)C(=O)c1cc(-c2ccc(C(C)(C)C)cc2)on1. The molecule has 4 heteroatoms. The highest BCUT2D eigenvalue weighted by molar-refractivity contribution is 5.93. The summed E-state index contributed by atoms with van der Waals surface area (Å²) in [6.45, 7) is 10.5. The van der Waals surface area contributed by atoms with E-state index in [1.807, 2.05) is 26.0 Å². The highest BCUT2D eigenvalue weighted by atomic mass is 16.5. The number of rotatable bonds is 3. The van der Waals surface area contributed by atoms with Crippen molar-refractivity contribution < 1.29 is 9.32 Å². The van der Waals surface area contributed by atoms with E-state index in [1.165, 1.54) is 5.56 Å². The van der Waals surface area contributed by atoms with E-state index in [0.29, 0.717) is 11.5 Å². The van der Waals surface area contributed by atoms with Gasteiger partial charge in [0.25, 0.3) is 5.91 Å². The molecule has 0 N–H and O–H groups in total. The summed E-state index contributed by atoms with van der Waals surface area (Å²) in [4.78, 5) is 13.9. The molecule has 1 aromatic carbocycles. The second-order valence-corrected chi connectivity index (χ2v) is 6.91. The van der Waals surface area contributed by atoms with Crippen molar-refractivity contribution in [3.63, 3.8) is 0 Å². The number of amides is 1. The molecule has 0 aliphatic heterocycles. The first-order valence-corrected chi connectivity index (χ1v) is 7.55. The molecule has 1 amide bonds. The van der Waals surface area contributed by atoms with Crippen molar-refractivity contribution in [3.05, 3.63) is 41.6 Å². The van der Waals surface area contributed by atoms with Gasteiger partial charge in [-0.15, -0.1) is 0 Å². The molecule has 4 nitrogen and oxygen atoms in total. The lowest BCUT2D eigenvalue weighted by molar-refractivity contribution is 0.0744. The summed E-state index contributed by atoms with van der Waals surface area (Å²) >= 11 is 0. The molecule has 0 bridgehead atoms. The fourth-order valence-electron chi connectivity index (χ4n) is 2.06. The molecule has 0 aliphatic rings. The number of aromatic nitrogens is 1. The summed E-state index contributed by atoms with van der Waals surface area (Å²) < 4.78 is 5.33. The van der Waals surface area contributed by atoms with E-state index in [1.54, 1.807) is 18.0 Å². The molecule has 0 fully saturated rings. The zero-order chi connectivity index (χ0) is 16.5. The molecule has 22 heavy (non-hydrogen) atoms. The summed E-state index contributed by atoms with van der Waals surface area (Å²) in [7, 11) is 1.76. The van der Waals surface area contributed by atoms with E-state index in [9.17, 15) is 4.79 Å². The third-order valence-corrected chi connectivity index (χ3v) is 3.86. The van der Waals surface area contributed by atoms with Gasteiger partial charge in [-0.05, 0) is 24.8 Å². The average molecular weight is 300 g/mol. The molecule has 1 heterocycles. The monoisotopic (exact) mass is 300 g/mol. The smallest absolute Gasteiger partial charge is 0.276 e. The molecule has 0 aliphatic carbocycles. The maximum Gasteiger partial charge on any atom is 0.276 e. The number of carbonyl (C=O) groups excluding carboxylic acids is 1. The minimum atomic E-state index is -0.128. The van der Waals surface area contributed by atoms with Gasteiger partial charge < -0.3 is 9.42 Å². The van der Waals surface area contributed by atoms with Crippen LogP contribution in [-0.4, -0.2) is 29.1 Å². The van der Waals surface area contributed by atoms with Crippen molar-refractivity contribution in [2.24, 2.45) is 0 Å². The summed E-state index contributed by atoms with van der Waals surface area (Å²) in [6.07, 6.45) is 0. The van der Waals surface area contributed by atoms with Crippen molar-refractivity contribution >= 4 is 5.91 Å². The van der Waals surface area contributed by atoms with Gasteiger partial charge in [0.15, 0.2) is 11.5 Å². The second kappa shape index (κ2) is 5.95. The van der Waals surface area contributed by atoms with E-state index in [2.05, 4.69) is 38.1 Å². The zero-order valence-corrected chi connectivity index (χ0v) is 14.2. The van der Waals surface area contributed by atoms with Gasteiger partial charge in [-0.2, -0.15) is 0 Å². The third-order valence-electron chi connectivity index (χ3n) is 3.86. The molecular formula is C18H24N2O2. The van der Waals surface area contributed by atoms with Crippen molar-refractivity contribution in [2.75, 3.05) is 7.05 Å². The van der Waals surface area contributed by atoms with Crippen molar-refractivity contribution in [1.29, 1.82) is 0 Å². The van der Waals surface area contributed by atoms with Crippen LogP contribution in [0.5, 0.6) is 0 Å². The van der Waals surface area contributed by atoms with Crippen LogP contribution in [0.2, 0.25) is 0 Å². The van der Waals surface area contributed by atoms with Gasteiger partial charge in [0.2, 0.25) is 0 Å². The summed E-state index contributed by atoms with van der Waals surface area (Å²) in [6, 6.07) is 9.99. The Balaban J connectivity index is 2.23. The maximum atomic E-state index is 12.2. The van der Waals surface area contributed by atoms with E-state index >= 15 is 0 Å². The molecule has 0 spiro atoms. The van der Waals surface area contributed by atoms with E-state index in [0.717, 1.165) is 5.56 Å². The summed E-state index contributed by atoms with van der Waals surface area (Å²) in [5.74, 6) is 0.484. The third kappa shape index (κ3) is 3.38.